The molecule has 0 unspecified atom stereocenters. The van der Waals surface area contributed by atoms with Gasteiger partial charge in [0.2, 0.25) is 0 Å². The van der Waals surface area contributed by atoms with Gasteiger partial charge in [-0.2, -0.15) is 0 Å². The fraction of sp³-hybridized carbons (Fsp3) is 0.0476. The van der Waals surface area contributed by atoms with Crippen LogP contribution in [-0.4, -0.2) is 9.55 Å². The second-order valence-corrected chi connectivity index (χ2v) is 6.16. The zero-order valence-corrected chi connectivity index (χ0v) is 14.4. The zero-order valence-electron chi connectivity index (χ0n) is 14.4. The summed E-state index contributed by atoms with van der Waals surface area (Å²) in [5.74, 6) is -0.266. The van der Waals surface area contributed by atoms with Crippen molar-refractivity contribution in [2.75, 3.05) is 5.32 Å². The van der Waals surface area contributed by atoms with Gasteiger partial charge < -0.3 is 5.32 Å². The molecule has 4 aromatic rings. The summed E-state index contributed by atoms with van der Waals surface area (Å²) in [7, 11) is 0. The Morgan fingerprint density at radius 2 is 1.52 bits per heavy atom. The van der Waals surface area contributed by atoms with Gasteiger partial charge in [0.1, 0.15) is 23.1 Å². The van der Waals surface area contributed by atoms with E-state index in [-0.39, 0.29) is 17.1 Å². The van der Waals surface area contributed by atoms with E-state index in [1.807, 2.05) is 6.92 Å². The number of halogens is 2. The van der Waals surface area contributed by atoms with Gasteiger partial charge >= 0.3 is 0 Å². The number of nitrogens with one attached hydrogen (secondary N) is 1. The average Bonchev–Trinajstić information content (AvgIpc) is 2.65. The number of aromatic nitrogens is 2. The van der Waals surface area contributed by atoms with Crippen molar-refractivity contribution >= 4 is 22.5 Å². The second kappa shape index (κ2) is 6.64. The van der Waals surface area contributed by atoms with Crippen molar-refractivity contribution in [2.45, 2.75) is 6.92 Å². The summed E-state index contributed by atoms with van der Waals surface area (Å²) >= 11 is 0. The Balaban J connectivity index is 1.98. The first kappa shape index (κ1) is 16.9. The van der Waals surface area contributed by atoms with E-state index in [9.17, 15) is 13.6 Å². The SMILES string of the molecule is Cc1ccc2c(=O)cc(Nc3ccc(F)cc3)n(-c3ccc(F)cc3)c2n1. The maximum atomic E-state index is 13.4. The van der Waals surface area contributed by atoms with Gasteiger partial charge in [0.15, 0.2) is 5.43 Å². The maximum absolute atomic E-state index is 13.4. The molecule has 0 saturated heterocycles. The molecule has 134 valence electrons. The van der Waals surface area contributed by atoms with Crippen molar-refractivity contribution in [3.8, 4) is 5.69 Å². The number of aryl methyl sites for hydroxylation is 1. The van der Waals surface area contributed by atoms with Gasteiger partial charge in [0.25, 0.3) is 0 Å². The molecule has 0 spiro atoms. The minimum atomic E-state index is -0.360. The summed E-state index contributed by atoms with van der Waals surface area (Å²) in [5.41, 5.74) is 2.26. The number of pyridine rings is 2. The number of hydrogen-bond donors (Lipinski definition) is 1. The van der Waals surface area contributed by atoms with Gasteiger partial charge in [-0.05, 0) is 67.6 Å². The van der Waals surface area contributed by atoms with E-state index in [0.717, 1.165) is 5.69 Å². The summed E-state index contributed by atoms with van der Waals surface area (Å²) in [6.07, 6.45) is 0. The molecule has 0 aliphatic rings. The molecule has 0 amide bonds. The van der Waals surface area contributed by atoms with E-state index in [1.165, 1.54) is 30.3 Å². The number of rotatable bonds is 3. The van der Waals surface area contributed by atoms with Crippen LogP contribution in [0.25, 0.3) is 16.7 Å². The Morgan fingerprint density at radius 1 is 0.889 bits per heavy atom. The summed E-state index contributed by atoms with van der Waals surface area (Å²) in [6, 6.07) is 16.6. The number of benzene rings is 2. The van der Waals surface area contributed by atoms with Crippen molar-refractivity contribution in [1.29, 1.82) is 0 Å². The van der Waals surface area contributed by atoms with Crippen LogP contribution in [0.4, 0.5) is 20.3 Å². The predicted molar refractivity (Wildman–Crippen MR) is 102 cm³/mol. The molecule has 1 N–H and O–H groups in total. The van der Waals surface area contributed by atoms with Crippen LogP contribution < -0.4 is 10.7 Å². The highest BCUT2D eigenvalue weighted by molar-refractivity contribution is 5.81. The largest absolute Gasteiger partial charge is 0.341 e. The highest BCUT2D eigenvalue weighted by atomic mass is 19.1. The molecule has 0 radical (unpaired) electrons. The van der Waals surface area contributed by atoms with Crippen molar-refractivity contribution in [2.24, 2.45) is 0 Å². The number of hydrogen-bond acceptors (Lipinski definition) is 3. The van der Waals surface area contributed by atoms with E-state index in [2.05, 4.69) is 10.3 Å². The van der Waals surface area contributed by atoms with E-state index >= 15 is 0 Å². The quantitative estimate of drug-likeness (QED) is 0.573. The van der Waals surface area contributed by atoms with Gasteiger partial charge in [0, 0.05) is 23.1 Å². The van der Waals surface area contributed by atoms with Gasteiger partial charge in [-0.25, -0.2) is 13.8 Å². The molecule has 4 nitrogen and oxygen atoms in total. The highest BCUT2D eigenvalue weighted by Crippen LogP contribution is 2.24. The van der Waals surface area contributed by atoms with Gasteiger partial charge in [-0.1, -0.05) is 0 Å². The van der Waals surface area contributed by atoms with Crippen LogP contribution >= 0.6 is 0 Å². The second-order valence-electron chi connectivity index (χ2n) is 6.16. The van der Waals surface area contributed by atoms with Crippen LogP contribution in [-0.2, 0) is 0 Å². The predicted octanol–water partition coefficient (Wildman–Crippen LogP) is 4.72. The summed E-state index contributed by atoms with van der Waals surface area (Å²) in [6.45, 7) is 1.83. The molecule has 0 saturated carbocycles. The third kappa shape index (κ3) is 3.29. The molecule has 2 aromatic carbocycles. The summed E-state index contributed by atoms with van der Waals surface area (Å²) in [4.78, 5) is 17.1. The molecule has 4 rings (SSSR count). The first-order valence-corrected chi connectivity index (χ1v) is 8.33. The van der Waals surface area contributed by atoms with E-state index < -0.39 is 0 Å². The number of fused-ring (bicyclic) bond motifs is 1. The van der Waals surface area contributed by atoms with E-state index in [0.29, 0.717) is 28.2 Å². The van der Waals surface area contributed by atoms with Crippen molar-refractivity contribution in [3.63, 3.8) is 0 Å². The molecular weight excluding hydrogens is 348 g/mol. The molecule has 0 fully saturated rings. The topological polar surface area (TPSA) is 46.9 Å². The van der Waals surface area contributed by atoms with Crippen LogP contribution in [0.5, 0.6) is 0 Å². The van der Waals surface area contributed by atoms with Crippen LogP contribution in [0.2, 0.25) is 0 Å². The number of anilines is 2. The van der Waals surface area contributed by atoms with E-state index in [4.69, 9.17) is 0 Å². The third-order valence-corrected chi connectivity index (χ3v) is 4.20. The molecule has 0 atom stereocenters. The molecule has 0 aliphatic heterocycles. The van der Waals surface area contributed by atoms with Crippen LogP contribution in [0.3, 0.4) is 0 Å². The molecule has 27 heavy (non-hydrogen) atoms. The lowest BCUT2D eigenvalue weighted by Crippen LogP contribution is -2.14. The Morgan fingerprint density at radius 3 is 2.19 bits per heavy atom. The molecular formula is C21H15F2N3O. The normalized spacial score (nSPS) is 10.9. The summed E-state index contributed by atoms with van der Waals surface area (Å²) in [5, 5.41) is 3.58. The zero-order chi connectivity index (χ0) is 19.0. The van der Waals surface area contributed by atoms with Crippen molar-refractivity contribution < 1.29 is 8.78 Å². The Labute approximate surface area is 153 Å². The average molecular weight is 363 g/mol. The minimum Gasteiger partial charge on any atom is -0.341 e. The fourth-order valence-electron chi connectivity index (χ4n) is 2.91. The molecule has 6 heteroatoms. The molecule has 2 heterocycles. The van der Waals surface area contributed by atoms with Gasteiger partial charge in [0.05, 0.1) is 5.39 Å². The smallest absolute Gasteiger partial charge is 0.193 e. The van der Waals surface area contributed by atoms with E-state index in [1.54, 1.807) is 41.0 Å². The Hall–Kier alpha value is -3.54. The minimum absolute atomic E-state index is 0.194. The standard InChI is InChI=1S/C21H15F2N3O/c1-13-2-11-18-19(27)12-20(25-16-7-3-14(22)4-8-16)26(21(18)24-13)17-9-5-15(23)6-10-17/h2-12,25H,1H3. The lowest BCUT2D eigenvalue weighted by molar-refractivity contribution is 0.627. The van der Waals surface area contributed by atoms with Crippen LogP contribution in [0.15, 0.2) is 71.5 Å². The molecule has 0 aliphatic carbocycles. The highest BCUT2D eigenvalue weighted by Gasteiger charge is 2.13. The monoisotopic (exact) mass is 363 g/mol. The van der Waals surface area contributed by atoms with Crippen LogP contribution in [0, 0.1) is 18.6 Å². The maximum Gasteiger partial charge on any atom is 0.193 e. The molecule has 2 aromatic heterocycles. The molecule has 0 bridgehead atoms. The van der Waals surface area contributed by atoms with Crippen molar-refractivity contribution in [1.82, 2.24) is 9.55 Å². The van der Waals surface area contributed by atoms with Gasteiger partial charge in [-0.15, -0.1) is 0 Å². The Kier molecular flexibility index (Phi) is 4.16. The first-order valence-electron chi connectivity index (χ1n) is 8.33. The first-order chi connectivity index (χ1) is 13.0. The lowest BCUT2D eigenvalue weighted by Gasteiger charge is -2.18. The number of nitrogens with zero attached hydrogens (tertiary/aromatic N) is 2. The Bertz CT molecular complexity index is 1180. The van der Waals surface area contributed by atoms with Gasteiger partial charge in [-0.3, -0.25) is 9.36 Å². The van der Waals surface area contributed by atoms with Crippen molar-refractivity contribution in [3.05, 3.63) is 94.3 Å². The lowest BCUT2D eigenvalue weighted by atomic mass is 10.2. The summed E-state index contributed by atoms with van der Waals surface area (Å²) < 4.78 is 28.3. The van der Waals surface area contributed by atoms with Crippen LogP contribution in [0.1, 0.15) is 5.69 Å². The third-order valence-electron chi connectivity index (χ3n) is 4.20. The fourth-order valence-corrected chi connectivity index (χ4v) is 2.91.